The molecule has 0 unspecified atom stereocenters. The number of rotatable bonds is 6. The number of benzene rings is 3. The molecule has 178 valence electrons. The van der Waals surface area contributed by atoms with E-state index >= 15 is 0 Å². The molecule has 1 aromatic heterocycles. The van der Waals surface area contributed by atoms with Crippen molar-refractivity contribution in [3.8, 4) is 17.1 Å². The lowest BCUT2D eigenvalue weighted by Crippen LogP contribution is -2.37. The van der Waals surface area contributed by atoms with E-state index in [1.807, 2.05) is 41.3 Å². The SMILES string of the molecule is CC(C)c1ccccc1-n1c(SCC(=O)N2CCc3ccccc3C2)nnc1-c1ccc(Cl)cc1. The van der Waals surface area contributed by atoms with Crippen LogP contribution in [0.4, 0.5) is 0 Å². The standard InChI is InChI=1S/C28H27ClN4OS/c1-19(2)24-9-5-6-10-25(24)33-27(21-11-13-23(29)14-12-21)30-31-28(33)35-18-26(34)32-16-15-20-7-3-4-8-22(20)17-32/h3-14,19H,15-18H2,1-2H3. The van der Waals surface area contributed by atoms with Gasteiger partial charge >= 0.3 is 0 Å². The fraction of sp³-hybridized carbons (Fsp3) is 0.250. The van der Waals surface area contributed by atoms with Crippen molar-refractivity contribution in [2.45, 2.75) is 37.9 Å². The molecule has 3 aromatic carbocycles. The quantitative estimate of drug-likeness (QED) is 0.287. The molecule has 1 aliphatic heterocycles. The summed E-state index contributed by atoms with van der Waals surface area (Å²) in [5, 5.41) is 10.4. The third-order valence-corrected chi connectivity index (χ3v) is 7.51. The van der Waals surface area contributed by atoms with Crippen LogP contribution < -0.4 is 0 Å². The summed E-state index contributed by atoms with van der Waals surface area (Å²) in [6, 6.07) is 24.3. The van der Waals surface area contributed by atoms with Gasteiger partial charge in [0.2, 0.25) is 5.91 Å². The van der Waals surface area contributed by atoms with Gasteiger partial charge < -0.3 is 4.90 Å². The lowest BCUT2D eigenvalue weighted by molar-refractivity contribution is -0.129. The van der Waals surface area contributed by atoms with Gasteiger partial charge in [-0.25, -0.2) is 0 Å². The number of carbonyl (C=O) groups excluding carboxylic acids is 1. The van der Waals surface area contributed by atoms with Crippen LogP contribution >= 0.6 is 23.4 Å². The van der Waals surface area contributed by atoms with Crippen LogP contribution in [0.3, 0.4) is 0 Å². The zero-order valence-corrected chi connectivity index (χ0v) is 21.4. The summed E-state index contributed by atoms with van der Waals surface area (Å²) >= 11 is 7.56. The van der Waals surface area contributed by atoms with E-state index in [-0.39, 0.29) is 5.91 Å². The first-order valence-electron chi connectivity index (χ1n) is 11.8. The van der Waals surface area contributed by atoms with E-state index in [9.17, 15) is 4.79 Å². The van der Waals surface area contributed by atoms with Gasteiger partial charge in [0.1, 0.15) is 0 Å². The number of carbonyl (C=O) groups is 1. The van der Waals surface area contributed by atoms with Crippen LogP contribution in [0.5, 0.6) is 0 Å². The number of hydrogen-bond donors (Lipinski definition) is 0. The van der Waals surface area contributed by atoms with E-state index in [0.29, 0.717) is 28.4 Å². The second kappa shape index (κ2) is 10.3. The first-order chi connectivity index (χ1) is 17.0. The van der Waals surface area contributed by atoms with E-state index in [4.69, 9.17) is 11.6 Å². The number of hydrogen-bond acceptors (Lipinski definition) is 4. The van der Waals surface area contributed by atoms with Crippen molar-refractivity contribution in [1.29, 1.82) is 0 Å². The normalized spacial score (nSPS) is 13.2. The Kier molecular flexibility index (Phi) is 6.93. The van der Waals surface area contributed by atoms with Gasteiger partial charge in [-0.1, -0.05) is 79.7 Å². The van der Waals surface area contributed by atoms with Crippen LogP contribution in [0.25, 0.3) is 17.1 Å². The van der Waals surface area contributed by atoms with Crippen molar-refractivity contribution in [2.24, 2.45) is 0 Å². The van der Waals surface area contributed by atoms with Crippen LogP contribution in [0.15, 0.2) is 78.0 Å². The molecule has 35 heavy (non-hydrogen) atoms. The Morgan fingerprint density at radius 3 is 2.46 bits per heavy atom. The summed E-state index contributed by atoms with van der Waals surface area (Å²) in [4.78, 5) is 15.1. The van der Waals surface area contributed by atoms with E-state index in [1.54, 1.807) is 0 Å². The molecule has 1 amide bonds. The first-order valence-corrected chi connectivity index (χ1v) is 13.2. The van der Waals surface area contributed by atoms with Crippen LogP contribution in [-0.2, 0) is 17.8 Å². The molecule has 0 aliphatic carbocycles. The molecule has 0 N–H and O–H groups in total. The van der Waals surface area contributed by atoms with Crippen molar-refractivity contribution in [3.63, 3.8) is 0 Å². The highest BCUT2D eigenvalue weighted by Gasteiger charge is 2.23. The average molecular weight is 503 g/mol. The molecule has 0 bridgehead atoms. The topological polar surface area (TPSA) is 51.0 Å². The average Bonchev–Trinajstić information content (AvgIpc) is 3.31. The maximum absolute atomic E-state index is 13.2. The number of nitrogens with zero attached hydrogens (tertiary/aromatic N) is 4. The van der Waals surface area contributed by atoms with Gasteiger partial charge in [0.05, 0.1) is 11.4 Å². The molecule has 0 atom stereocenters. The van der Waals surface area contributed by atoms with Crippen LogP contribution in [-0.4, -0.2) is 37.9 Å². The molecule has 0 saturated heterocycles. The van der Waals surface area contributed by atoms with Gasteiger partial charge in [0.15, 0.2) is 11.0 Å². The molecule has 7 heteroatoms. The van der Waals surface area contributed by atoms with E-state index in [0.717, 1.165) is 30.0 Å². The number of halogens is 1. The Labute approximate surface area is 215 Å². The predicted octanol–water partition coefficient (Wildman–Crippen LogP) is 6.39. The fourth-order valence-corrected chi connectivity index (χ4v) is 5.45. The fourth-order valence-electron chi connectivity index (χ4n) is 4.47. The van der Waals surface area contributed by atoms with Gasteiger partial charge in [0, 0.05) is 23.7 Å². The number of amides is 1. The van der Waals surface area contributed by atoms with Gasteiger partial charge in [-0.15, -0.1) is 10.2 Å². The number of para-hydroxylation sites is 1. The smallest absolute Gasteiger partial charge is 0.233 e. The number of thioether (sulfide) groups is 1. The number of aromatic nitrogens is 3. The summed E-state index contributed by atoms with van der Waals surface area (Å²) in [6.07, 6.45) is 0.894. The minimum atomic E-state index is 0.115. The highest BCUT2D eigenvalue weighted by Crippen LogP contribution is 2.33. The molecule has 1 aliphatic rings. The van der Waals surface area contributed by atoms with Gasteiger partial charge in [-0.2, -0.15) is 0 Å². The molecule has 0 spiro atoms. The molecule has 0 saturated carbocycles. The monoisotopic (exact) mass is 502 g/mol. The van der Waals surface area contributed by atoms with Crippen molar-refractivity contribution in [3.05, 3.63) is 94.5 Å². The van der Waals surface area contributed by atoms with Crippen molar-refractivity contribution < 1.29 is 4.79 Å². The van der Waals surface area contributed by atoms with Crippen molar-refractivity contribution in [1.82, 2.24) is 19.7 Å². The Balaban J connectivity index is 1.44. The zero-order chi connectivity index (χ0) is 24.4. The Hall–Kier alpha value is -3.09. The predicted molar refractivity (Wildman–Crippen MR) is 142 cm³/mol. The first kappa shape index (κ1) is 23.6. The molecular formula is C28H27ClN4OS. The third-order valence-electron chi connectivity index (χ3n) is 6.34. The minimum Gasteiger partial charge on any atom is -0.337 e. The highest BCUT2D eigenvalue weighted by atomic mass is 35.5. The summed E-state index contributed by atoms with van der Waals surface area (Å²) in [5.41, 5.74) is 5.71. The van der Waals surface area contributed by atoms with E-state index < -0.39 is 0 Å². The maximum atomic E-state index is 13.2. The van der Waals surface area contributed by atoms with Crippen LogP contribution in [0.2, 0.25) is 5.02 Å². The second-order valence-corrected chi connectivity index (χ2v) is 10.4. The number of fused-ring (bicyclic) bond motifs is 1. The maximum Gasteiger partial charge on any atom is 0.233 e. The molecule has 2 heterocycles. The molecule has 5 nitrogen and oxygen atoms in total. The molecule has 4 aromatic rings. The van der Waals surface area contributed by atoms with E-state index in [2.05, 4.69) is 65.0 Å². The molecular weight excluding hydrogens is 476 g/mol. The summed E-state index contributed by atoms with van der Waals surface area (Å²) in [7, 11) is 0. The lowest BCUT2D eigenvalue weighted by atomic mass is 10.00. The summed E-state index contributed by atoms with van der Waals surface area (Å²) < 4.78 is 2.07. The Morgan fingerprint density at radius 1 is 0.971 bits per heavy atom. The van der Waals surface area contributed by atoms with Gasteiger partial charge in [-0.3, -0.25) is 9.36 Å². The largest absolute Gasteiger partial charge is 0.337 e. The molecule has 5 rings (SSSR count). The second-order valence-electron chi connectivity index (χ2n) is 8.98. The van der Waals surface area contributed by atoms with Gasteiger partial charge in [0.25, 0.3) is 0 Å². The van der Waals surface area contributed by atoms with E-state index in [1.165, 1.54) is 28.5 Å². The molecule has 0 radical (unpaired) electrons. The third kappa shape index (κ3) is 5.00. The van der Waals surface area contributed by atoms with Crippen molar-refractivity contribution >= 4 is 29.3 Å². The summed E-state index contributed by atoms with van der Waals surface area (Å²) in [6.45, 7) is 5.76. The summed E-state index contributed by atoms with van der Waals surface area (Å²) in [5.74, 6) is 1.48. The Morgan fingerprint density at radius 2 is 1.69 bits per heavy atom. The molecule has 0 fully saturated rings. The van der Waals surface area contributed by atoms with Crippen LogP contribution in [0.1, 0.15) is 36.5 Å². The lowest BCUT2D eigenvalue weighted by Gasteiger charge is -2.28. The van der Waals surface area contributed by atoms with Crippen molar-refractivity contribution in [2.75, 3.05) is 12.3 Å². The zero-order valence-electron chi connectivity index (χ0n) is 19.8. The minimum absolute atomic E-state index is 0.115. The van der Waals surface area contributed by atoms with Crippen LogP contribution in [0, 0.1) is 0 Å². The van der Waals surface area contributed by atoms with Gasteiger partial charge in [-0.05, 0) is 59.4 Å². The highest BCUT2D eigenvalue weighted by molar-refractivity contribution is 7.99. The Bertz CT molecular complexity index is 1350.